The van der Waals surface area contributed by atoms with E-state index in [4.69, 9.17) is 0 Å². The normalized spacial score (nSPS) is 11.7. The Morgan fingerprint density at radius 2 is 0.871 bits per heavy atom. The summed E-state index contributed by atoms with van der Waals surface area (Å²) >= 11 is 0. The Morgan fingerprint density at radius 3 is 1.28 bits per heavy atom. The maximum Gasteiger partial charge on any atom is 0.211 e. The highest BCUT2D eigenvalue weighted by molar-refractivity contribution is 6.05. The molecule has 24 nitrogen and oxygen atoms in total. The number of hydrogen-bond donors (Lipinski definition) is 7. The predicted octanol–water partition coefficient (Wildman–Crippen LogP) is -2.55. The second kappa shape index (κ2) is 35.4. The van der Waals surface area contributed by atoms with Gasteiger partial charge in [0.2, 0.25) is 12.8 Å². The van der Waals surface area contributed by atoms with E-state index < -0.39 is 59.6 Å². The SMILES string of the molecule is CN(C)c1ccc(C=Nc2ccccc2C(=O)CC([NH3+])C(=O)[O-])cc1.CN(C)c1ccc(C=O)cc1.[NH3+]C(CC(=O)c1ccccc1NC=O)C(=O)[O-].[NH3+]C(CC(=O)c1ccccc1NC=O)C(=O)[O-].[NH3+]C(Cc1c[nH]c2ccccc12)C(=O)[O-]. The van der Waals surface area contributed by atoms with Crippen molar-refractivity contribution in [3.05, 3.63) is 185 Å². The van der Waals surface area contributed by atoms with Gasteiger partial charge in [-0.25, -0.2) is 0 Å². The number of hydrogen-bond acceptors (Lipinski definition) is 17. The van der Waals surface area contributed by atoms with E-state index in [1.807, 2.05) is 117 Å². The van der Waals surface area contributed by atoms with Gasteiger partial charge in [0.25, 0.3) is 0 Å². The van der Waals surface area contributed by atoms with Crippen LogP contribution in [-0.2, 0) is 35.2 Å². The Morgan fingerprint density at radius 1 is 0.494 bits per heavy atom. The Bertz CT molecular complexity index is 3340. The fourth-order valence-electron chi connectivity index (χ4n) is 7.41. The van der Waals surface area contributed by atoms with Gasteiger partial charge in [-0.3, -0.25) is 33.8 Å². The largest absolute Gasteiger partial charge is 0.544 e. The summed E-state index contributed by atoms with van der Waals surface area (Å²) in [5.41, 5.74) is 21.4. The molecule has 0 saturated carbocycles. The molecule has 446 valence electrons. The summed E-state index contributed by atoms with van der Waals surface area (Å²) in [4.78, 5) is 121. The zero-order valence-corrected chi connectivity index (χ0v) is 47.3. The lowest BCUT2D eigenvalue weighted by molar-refractivity contribution is -0.436. The van der Waals surface area contributed by atoms with Crippen molar-refractivity contribution in [1.82, 2.24) is 4.98 Å². The lowest BCUT2D eigenvalue weighted by Crippen LogP contribution is -2.69. The van der Waals surface area contributed by atoms with Gasteiger partial charge in [0, 0.05) is 91.6 Å². The van der Waals surface area contributed by atoms with Crippen LogP contribution < -0.4 is 63.8 Å². The molecule has 0 spiro atoms. The minimum absolute atomic E-state index is 0.216. The van der Waals surface area contributed by atoms with Crippen molar-refractivity contribution in [2.75, 3.05) is 48.6 Å². The number of fused-ring (bicyclic) bond motifs is 1. The number of rotatable bonds is 24. The van der Waals surface area contributed by atoms with Crippen LogP contribution in [0, 0.1) is 0 Å². The van der Waals surface area contributed by atoms with Crippen molar-refractivity contribution in [3.8, 4) is 0 Å². The molecule has 1 heterocycles. The summed E-state index contributed by atoms with van der Waals surface area (Å²) in [7, 11) is 7.87. The van der Waals surface area contributed by atoms with E-state index >= 15 is 0 Å². The van der Waals surface area contributed by atoms with Crippen LogP contribution in [0.2, 0.25) is 0 Å². The number of aromatic amines is 1. The molecule has 7 aromatic rings. The average Bonchev–Trinajstić information content (AvgIpc) is 4.17. The number of aromatic nitrogens is 1. The average molecular weight is 1170 g/mol. The van der Waals surface area contributed by atoms with Crippen molar-refractivity contribution in [2.45, 2.75) is 49.9 Å². The summed E-state index contributed by atoms with van der Waals surface area (Å²) in [5, 5.41) is 48.1. The van der Waals surface area contributed by atoms with Crippen LogP contribution in [0.5, 0.6) is 0 Å². The molecule has 0 saturated heterocycles. The van der Waals surface area contributed by atoms with E-state index in [0.717, 1.165) is 45.3 Å². The maximum absolute atomic E-state index is 12.3. The third-order valence-electron chi connectivity index (χ3n) is 12.2. The van der Waals surface area contributed by atoms with E-state index in [0.29, 0.717) is 41.9 Å². The number of anilines is 4. The van der Waals surface area contributed by atoms with Gasteiger partial charge in [0.1, 0.15) is 30.5 Å². The zero-order chi connectivity index (χ0) is 63.2. The highest BCUT2D eigenvalue weighted by Crippen LogP contribution is 2.23. The molecular weight excluding hydrogens is 1100 g/mol. The minimum atomic E-state index is -1.38. The van der Waals surface area contributed by atoms with Crippen LogP contribution >= 0.6 is 0 Å². The standard InChI is InChI=1S/C19H21N3O3.2C11H12N2O4.C11H12N2O2.C9H11NO/c1-22(2)14-9-7-13(8-10-14)12-21-17-6-4-3-5-15(17)18(23)11-16(20)19(24)25;2*12-8(11(16)17)5-10(15)7-3-1-2-4-9(7)13-6-14;12-9(11(14)15)5-7-6-13-10-4-2-1-3-8(7)10;1-10(2)9-5-3-8(7-11)4-6-9/h3-10,12,16H,11,20H2,1-2H3,(H,24,25);2*1-4,6,8H,5,12H2,(H,13,14)(H,16,17);1-4,6,9,13H,5,12H2,(H,14,15);3-7H,1-2H3. The van der Waals surface area contributed by atoms with Gasteiger partial charge in [0.15, 0.2) is 17.3 Å². The van der Waals surface area contributed by atoms with Gasteiger partial charge in [-0.1, -0.05) is 66.7 Å². The molecule has 1 aromatic heterocycles. The number of amides is 2. The molecule has 0 fully saturated rings. The third kappa shape index (κ3) is 23.1. The first kappa shape index (κ1) is 68.7. The van der Waals surface area contributed by atoms with E-state index in [1.54, 1.807) is 66.9 Å². The van der Waals surface area contributed by atoms with E-state index in [1.165, 1.54) is 12.1 Å². The third-order valence-corrected chi connectivity index (χ3v) is 12.2. The molecule has 24 heteroatoms. The Labute approximate surface area is 489 Å². The molecule has 0 bridgehead atoms. The summed E-state index contributed by atoms with van der Waals surface area (Å²) in [6.07, 6.45) is 4.90. The number of carboxylic acids is 4. The highest BCUT2D eigenvalue weighted by Gasteiger charge is 2.20. The Balaban J connectivity index is 0.000000285. The molecule has 0 radical (unpaired) electrons. The number of nitrogens with zero attached hydrogens (tertiary/aromatic N) is 3. The summed E-state index contributed by atoms with van der Waals surface area (Å²) in [6.45, 7) is 0. The zero-order valence-electron chi connectivity index (χ0n) is 47.3. The van der Waals surface area contributed by atoms with Crippen molar-refractivity contribution >= 4 is 106 Å². The molecule has 4 unspecified atom stereocenters. The molecule has 4 atom stereocenters. The fraction of sp³-hybridized carbons (Fsp3) is 0.197. The second-order valence-electron chi connectivity index (χ2n) is 19.0. The number of aliphatic carboxylic acids is 4. The van der Waals surface area contributed by atoms with Crippen molar-refractivity contribution < 1.29 is 91.3 Å². The molecule has 7 rings (SSSR count). The second-order valence-corrected chi connectivity index (χ2v) is 19.0. The number of quaternary nitrogens is 4. The number of aldehydes is 1. The Kier molecular flexibility index (Phi) is 28.6. The van der Waals surface area contributed by atoms with E-state index in [2.05, 4.69) is 43.5 Å². The van der Waals surface area contributed by atoms with Crippen LogP contribution in [0.15, 0.2) is 157 Å². The van der Waals surface area contributed by atoms with Crippen LogP contribution in [0.3, 0.4) is 0 Å². The van der Waals surface area contributed by atoms with Crippen molar-refractivity contribution in [1.29, 1.82) is 0 Å². The maximum atomic E-state index is 12.3. The first-order valence-corrected chi connectivity index (χ1v) is 25.9. The number of aliphatic imine (C=N–C) groups is 1. The van der Waals surface area contributed by atoms with E-state index in [-0.39, 0.29) is 36.2 Å². The number of carbonyl (C=O) groups excluding carboxylic acids is 10. The van der Waals surface area contributed by atoms with Gasteiger partial charge in [-0.15, -0.1) is 0 Å². The molecule has 15 N–H and O–H groups in total. The topological polar surface area (TPSA) is 432 Å². The van der Waals surface area contributed by atoms with Crippen LogP contribution in [0.1, 0.15) is 71.8 Å². The summed E-state index contributed by atoms with van der Waals surface area (Å²) in [5.74, 6) is -6.33. The lowest BCUT2D eigenvalue weighted by Gasteiger charge is -2.11. The molecule has 6 aromatic carbocycles. The quantitative estimate of drug-likeness (QED) is 0.0186. The number of H-pyrrole nitrogens is 1. The molecule has 85 heavy (non-hydrogen) atoms. The Hall–Kier alpha value is -10.5. The minimum Gasteiger partial charge on any atom is -0.544 e. The lowest BCUT2D eigenvalue weighted by atomic mass is 10.0. The highest BCUT2D eigenvalue weighted by atomic mass is 16.4. The number of nitrogens with one attached hydrogen (secondary N) is 3. The first-order valence-electron chi connectivity index (χ1n) is 25.9. The van der Waals surface area contributed by atoms with Crippen molar-refractivity contribution in [3.63, 3.8) is 0 Å². The summed E-state index contributed by atoms with van der Waals surface area (Å²) < 4.78 is 0. The molecule has 2 amide bonds. The van der Waals surface area contributed by atoms with Gasteiger partial charge >= 0.3 is 0 Å². The molecular formula is C61H68N10O14. The fourth-order valence-corrected chi connectivity index (χ4v) is 7.41. The number of carboxylic acid groups (broad SMARTS) is 4. The van der Waals surface area contributed by atoms with Crippen LogP contribution in [0.25, 0.3) is 10.9 Å². The first-order chi connectivity index (χ1) is 40.4. The number of Topliss-reactive ketones (excluding diaryl/α,β-unsaturated/α-hetero) is 3. The van der Waals surface area contributed by atoms with Gasteiger partial charge in [0.05, 0.1) is 60.2 Å². The van der Waals surface area contributed by atoms with Crippen molar-refractivity contribution in [2.24, 2.45) is 4.99 Å². The molecule has 0 aliphatic rings. The van der Waals surface area contributed by atoms with Gasteiger partial charge in [-0.2, -0.15) is 0 Å². The molecule has 0 aliphatic heterocycles. The van der Waals surface area contributed by atoms with Crippen LogP contribution in [0.4, 0.5) is 28.4 Å². The smallest absolute Gasteiger partial charge is 0.211 e. The number of ketones is 3. The van der Waals surface area contributed by atoms with Gasteiger partial charge < -0.3 is 88.0 Å². The van der Waals surface area contributed by atoms with Gasteiger partial charge in [-0.05, 0) is 90.0 Å². The predicted molar refractivity (Wildman–Crippen MR) is 308 cm³/mol. The molecule has 0 aliphatic carbocycles. The number of para-hydroxylation sites is 4. The number of carbonyl (C=O) groups is 10. The summed E-state index contributed by atoms with van der Waals surface area (Å²) in [6, 6.07) is 38.6. The number of benzene rings is 6. The van der Waals surface area contributed by atoms with Crippen LogP contribution in [-0.4, -0.2) is 124 Å². The monoisotopic (exact) mass is 1160 g/mol. The van der Waals surface area contributed by atoms with E-state index in [9.17, 15) is 68.4 Å².